The van der Waals surface area contributed by atoms with Gasteiger partial charge in [-0.25, -0.2) is 4.39 Å². The molecule has 19 heavy (non-hydrogen) atoms. The van der Waals surface area contributed by atoms with E-state index in [9.17, 15) is 14.0 Å². The van der Waals surface area contributed by atoms with Gasteiger partial charge in [0.2, 0.25) is 0 Å². The number of hydrogen-bond acceptors (Lipinski definition) is 2. The van der Waals surface area contributed by atoms with E-state index in [0.29, 0.717) is 5.69 Å². The number of aryl methyl sites for hydroxylation is 2. The largest absolute Gasteiger partial charge is 0.321 e. The van der Waals surface area contributed by atoms with Crippen LogP contribution in [-0.4, -0.2) is 10.5 Å². The van der Waals surface area contributed by atoms with Gasteiger partial charge in [-0.3, -0.25) is 9.59 Å². The van der Waals surface area contributed by atoms with Crippen molar-refractivity contribution in [1.82, 2.24) is 4.57 Å². The number of nitrogens with one attached hydrogen (secondary N) is 1. The van der Waals surface area contributed by atoms with Gasteiger partial charge in [-0.2, -0.15) is 0 Å². The van der Waals surface area contributed by atoms with Crippen LogP contribution in [0, 0.1) is 12.7 Å². The number of rotatable bonds is 2. The number of nitrogens with zero attached hydrogens (tertiary/aromatic N) is 1. The highest BCUT2D eigenvalue weighted by molar-refractivity contribution is 6.04. The van der Waals surface area contributed by atoms with Crippen molar-refractivity contribution in [2.45, 2.75) is 6.92 Å². The fourth-order valence-corrected chi connectivity index (χ4v) is 1.69. The van der Waals surface area contributed by atoms with Gasteiger partial charge in [0, 0.05) is 18.9 Å². The highest BCUT2D eigenvalue weighted by atomic mass is 19.1. The number of carbonyl (C=O) groups excluding carboxylic acids is 1. The first kappa shape index (κ1) is 13.0. The molecule has 0 spiro atoms. The van der Waals surface area contributed by atoms with Crippen LogP contribution in [0.2, 0.25) is 0 Å². The van der Waals surface area contributed by atoms with Crippen LogP contribution in [0.5, 0.6) is 0 Å². The van der Waals surface area contributed by atoms with Crippen LogP contribution in [0.15, 0.2) is 41.3 Å². The summed E-state index contributed by atoms with van der Waals surface area (Å²) in [7, 11) is 1.56. The number of aromatic nitrogens is 1. The molecule has 1 aromatic carbocycles. The van der Waals surface area contributed by atoms with E-state index in [-0.39, 0.29) is 5.56 Å². The second kappa shape index (κ2) is 5.06. The first-order chi connectivity index (χ1) is 8.99. The molecule has 0 bridgehead atoms. The van der Waals surface area contributed by atoms with E-state index in [1.165, 1.54) is 22.8 Å². The highest BCUT2D eigenvalue weighted by Crippen LogP contribution is 2.16. The van der Waals surface area contributed by atoms with Crippen LogP contribution < -0.4 is 10.9 Å². The van der Waals surface area contributed by atoms with Gasteiger partial charge >= 0.3 is 0 Å². The van der Waals surface area contributed by atoms with Gasteiger partial charge in [-0.15, -0.1) is 0 Å². The van der Waals surface area contributed by atoms with Crippen LogP contribution in [0.25, 0.3) is 0 Å². The minimum Gasteiger partial charge on any atom is -0.321 e. The van der Waals surface area contributed by atoms with Crippen molar-refractivity contribution >= 4 is 11.6 Å². The van der Waals surface area contributed by atoms with Crippen LogP contribution in [0.4, 0.5) is 10.1 Å². The first-order valence-corrected chi connectivity index (χ1v) is 5.72. The Balaban J connectivity index is 2.34. The third-order valence-electron chi connectivity index (χ3n) is 2.82. The molecule has 4 nitrogen and oxygen atoms in total. The van der Waals surface area contributed by atoms with Crippen LogP contribution in [0.1, 0.15) is 15.9 Å². The molecule has 0 aliphatic heterocycles. The van der Waals surface area contributed by atoms with E-state index < -0.39 is 17.3 Å². The lowest BCUT2D eigenvalue weighted by atomic mass is 10.2. The molecule has 1 amide bonds. The number of halogens is 1. The molecule has 0 fully saturated rings. The van der Waals surface area contributed by atoms with E-state index in [2.05, 4.69) is 5.32 Å². The molecule has 0 saturated heterocycles. The maximum Gasteiger partial charge on any atom is 0.263 e. The molecule has 0 aliphatic carbocycles. The second-order valence-corrected chi connectivity index (χ2v) is 4.25. The summed E-state index contributed by atoms with van der Waals surface area (Å²) in [5, 5.41) is 2.54. The molecular formula is C14H13FN2O2. The molecule has 98 valence electrons. The molecule has 2 rings (SSSR count). The van der Waals surface area contributed by atoms with Crippen LogP contribution >= 0.6 is 0 Å². The van der Waals surface area contributed by atoms with Gasteiger partial charge < -0.3 is 9.88 Å². The highest BCUT2D eigenvalue weighted by Gasteiger charge is 2.12. The van der Waals surface area contributed by atoms with E-state index in [1.54, 1.807) is 32.3 Å². The van der Waals surface area contributed by atoms with Crippen molar-refractivity contribution in [3.63, 3.8) is 0 Å². The molecule has 0 unspecified atom stereocenters. The van der Waals surface area contributed by atoms with Gasteiger partial charge in [-0.05, 0) is 36.8 Å². The third-order valence-corrected chi connectivity index (χ3v) is 2.82. The summed E-state index contributed by atoms with van der Waals surface area (Å²) in [6, 6.07) is 7.14. The number of anilines is 1. The zero-order valence-electron chi connectivity index (χ0n) is 10.6. The average Bonchev–Trinajstić information content (AvgIpc) is 2.37. The quantitative estimate of drug-likeness (QED) is 0.898. The van der Waals surface area contributed by atoms with Crippen molar-refractivity contribution in [3.8, 4) is 0 Å². The van der Waals surface area contributed by atoms with Gasteiger partial charge in [0.25, 0.3) is 11.5 Å². The standard InChI is InChI=1S/C14H13FN2O2/c1-9-5-6-10(15)8-12(9)16-13(18)11-4-3-7-17(2)14(11)19/h3-8H,1-2H3,(H,16,18). The molecule has 0 aliphatic rings. The number of hydrogen-bond donors (Lipinski definition) is 1. The minimum atomic E-state index is -0.546. The summed E-state index contributed by atoms with van der Waals surface area (Å²) >= 11 is 0. The van der Waals surface area contributed by atoms with Gasteiger partial charge in [0.15, 0.2) is 0 Å². The van der Waals surface area contributed by atoms with Crippen molar-refractivity contribution in [3.05, 3.63) is 63.8 Å². The van der Waals surface area contributed by atoms with Crippen molar-refractivity contribution in [2.75, 3.05) is 5.32 Å². The Morgan fingerprint density at radius 3 is 2.79 bits per heavy atom. The zero-order valence-corrected chi connectivity index (χ0v) is 10.6. The summed E-state index contributed by atoms with van der Waals surface area (Å²) in [4.78, 5) is 23.8. The molecule has 0 saturated carbocycles. The topological polar surface area (TPSA) is 51.1 Å². The Hall–Kier alpha value is -2.43. The molecule has 0 atom stereocenters. The predicted octanol–water partition coefficient (Wildman–Crippen LogP) is 2.09. The van der Waals surface area contributed by atoms with Gasteiger partial charge in [0.05, 0.1) is 0 Å². The Bertz CT molecular complexity index is 692. The van der Waals surface area contributed by atoms with E-state index in [4.69, 9.17) is 0 Å². The Kier molecular flexibility index (Phi) is 3.46. The summed E-state index contributed by atoms with van der Waals surface area (Å²) in [5.41, 5.74) is 0.709. The summed E-state index contributed by atoms with van der Waals surface area (Å²) in [6.45, 7) is 1.75. The lowest BCUT2D eigenvalue weighted by Crippen LogP contribution is -2.27. The predicted molar refractivity (Wildman–Crippen MR) is 70.8 cm³/mol. The van der Waals surface area contributed by atoms with E-state index in [1.807, 2.05) is 0 Å². The fraction of sp³-hybridized carbons (Fsp3) is 0.143. The average molecular weight is 260 g/mol. The number of pyridine rings is 1. The Morgan fingerprint density at radius 1 is 1.32 bits per heavy atom. The SMILES string of the molecule is Cc1ccc(F)cc1NC(=O)c1cccn(C)c1=O. The van der Waals surface area contributed by atoms with Crippen molar-refractivity contribution in [2.24, 2.45) is 7.05 Å². The number of amides is 1. The van der Waals surface area contributed by atoms with E-state index >= 15 is 0 Å². The molecule has 1 heterocycles. The molecule has 5 heteroatoms. The minimum absolute atomic E-state index is 0.0219. The Labute approximate surface area is 109 Å². The monoisotopic (exact) mass is 260 g/mol. The maximum absolute atomic E-state index is 13.1. The first-order valence-electron chi connectivity index (χ1n) is 5.72. The molecule has 2 aromatic rings. The summed E-state index contributed by atoms with van der Waals surface area (Å²) in [6.07, 6.45) is 1.56. The van der Waals surface area contributed by atoms with Crippen LogP contribution in [0.3, 0.4) is 0 Å². The molecule has 1 aromatic heterocycles. The molecular weight excluding hydrogens is 247 g/mol. The number of benzene rings is 1. The number of carbonyl (C=O) groups is 1. The van der Waals surface area contributed by atoms with Crippen molar-refractivity contribution in [1.29, 1.82) is 0 Å². The maximum atomic E-state index is 13.1. The van der Waals surface area contributed by atoms with E-state index in [0.717, 1.165) is 5.56 Å². The third kappa shape index (κ3) is 2.70. The lowest BCUT2D eigenvalue weighted by molar-refractivity contribution is 0.102. The molecule has 0 radical (unpaired) electrons. The normalized spacial score (nSPS) is 10.3. The fourth-order valence-electron chi connectivity index (χ4n) is 1.69. The zero-order chi connectivity index (χ0) is 14.0. The van der Waals surface area contributed by atoms with Crippen LogP contribution in [-0.2, 0) is 7.05 Å². The van der Waals surface area contributed by atoms with Gasteiger partial charge in [0.1, 0.15) is 11.4 Å². The lowest BCUT2D eigenvalue weighted by Gasteiger charge is -2.08. The second-order valence-electron chi connectivity index (χ2n) is 4.25. The molecule has 1 N–H and O–H groups in total. The smallest absolute Gasteiger partial charge is 0.263 e. The van der Waals surface area contributed by atoms with Crippen molar-refractivity contribution < 1.29 is 9.18 Å². The Morgan fingerprint density at radius 2 is 2.05 bits per heavy atom. The summed E-state index contributed by atoms with van der Waals surface area (Å²) < 4.78 is 14.4. The van der Waals surface area contributed by atoms with Gasteiger partial charge in [-0.1, -0.05) is 6.07 Å². The summed E-state index contributed by atoms with van der Waals surface area (Å²) in [5.74, 6) is -0.989.